The van der Waals surface area contributed by atoms with Gasteiger partial charge in [0.2, 0.25) is 5.91 Å². The molecule has 1 saturated heterocycles. The number of thiazole rings is 1. The van der Waals surface area contributed by atoms with Crippen LogP contribution in [0.2, 0.25) is 0 Å². The molecule has 1 unspecified atom stereocenters. The van der Waals surface area contributed by atoms with Crippen LogP contribution >= 0.6 is 35.1 Å². The highest BCUT2D eigenvalue weighted by Crippen LogP contribution is 2.28. The monoisotopic (exact) mass is 315 g/mol. The molecular formula is C12H14ClN3OS2. The van der Waals surface area contributed by atoms with Crippen LogP contribution in [0.4, 0.5) is 5.13 Å². The molecule has 2 N–H and O–H groups in total. The summed E-state index contributed by atoms with van der Waals surface area (Å²) in [6.45, 7) is 1.70. The normalized spacial score (nSPS) is 18.0. The number of carbonyl (C=O) groups is 1. The molecule has 3 heterocycles. The van der Waals surface area contributed by atoms with Crippen LogP contribution in [-0.4, -0.2) is 24.0 Å². The molecular weight excluding hydrogens is 302 g/mol. The highest BCUT2D eigenvalue weighted by atomic mass is 35.5. The number of amides is 1. The predicted octanol–water partition coefficient (Wildman–Crippen LogP) is 2.84. The molecule has 102 valence electrons. The number of halogens is 1. The van der Waals surface area contributed by atoms with E-state index in [4.69, 9.17) is 0 Å². The first-order valence-electron chi connectivity index (χ1n) is 5.84. The fourth-order valence-electron chi connectivity index (χ4n) is 1.95. The molecule has 0 spiro atoms. The zero-order valence-electron chi connectivity index (χ0n) is 10.1. The van der Waals surface area contributed by atoms with Gasteiger partial charge in [-0.25, -0.2) is 4.98 Å². The van der Waals surface area contributed by atoms with Crippen molar-refractivity contribution in [3.05, 3.63) is 22.9 Å². The van der Waals surface area contributed by atoms with Gasteiger partial charge in [-0.3, -0.25) is 4.79 Å². The molecule has 0 aromatic carbocycles. The van der Waals surface area contributed by atoms with Crippen molar-refractivity contribution < 1.29 is 4.79 Å². The minimum Gasteiger partial charge on any atom is -0.316 e. The van der Waals surface area contributed by atoms with Gasteiger partial charge in [-0.05, 0) is 24.4 Å². The van der Waals surface area contributed by atoms with E-state index in [-0.39, 0.29) is 24.2 Å². The molecule has 4 nitrogen and oxygen atoms in total. The van der Waals surface area contributed by atoms with Crippen molar-refractivity contribution in [3.63, 3.8) is 0 Å². The maximum atomic E-state index is 11.9. The van der Waals surface area contributed by atoms with Gasteiger partial charge < -0.3 is 10.6 Å². The van der Waals surface area contributed by atoms with Crippen LogP contribution in [0.3, 0.4) is 0 Å². The fraction of sp³-hybridized carbons (Fsp3) is 0.333. The van der Waals surface area contributed by atoms with Crippen LogP contribution in [0.5, 0.6) is 0 Å². The Labute approximate surface area is 125 Å². The summed E-state index contributed by atoms with van der Waals surface area (Å²) in [5, 5.41) is 10.8. The van der Waals surface area contributed by atoms with E-state index in [1.165, 1.54) is 11.3 Å². The standard InChI is InChI=1S/C12H13N3OS2.ClH/c16-11(8-3-4-13-6-8)15-12-14-9(7-18-12)10-2-1-5-17-10;/h1-2,5,7-8,13H,3-4,6H2,(H,14,15,16);1H. The van der Waals surface area contributed by atoms with Crippen LogP contribution < -0.4 is 10.6 Å². The lowest BCUT2D eigenvalue weighted by atomic mass is 10.1. The van der Waals surface area contributed by atoms with E-state index in [2.05, 4.69) is 15.6 Å². The summed E-state index contributed by atoms with van der Waals surface area (Å²) in [6, 6.07) is 4.04. The summed E-state index contributed by atoms with van der Waals surface area (Å²) in [7, 11) is 0. The maximum Gasteiger partial charge on any atom is 0.230 e. The van der Waals surface area contributed by atoms with E-state index in [1.54, 1.807) is 11.3 Å². The van der Waals surface area contributed by atoms with Gasteiger partial charge >= 0.3 is 0 Å². The summed E-state index contributed by atoms with van der Waals surface area (Å²) in [6.07, 6.45) is 0.912. The van der Waals surface area contributed by atoms with Gasteiger partial charge in [0.05, 0.1) is 16.5 Å². The molecule has 1 amide bonds. The lowest BCUT2D eigenvalue weighted by molar-refractivity contribution is -0.119. The van der Waals surface area contributed by atoms with Crippen molar-refractivity contribution in [1.29, 1.82) is 0 Å². The van der Waals surface area contributed by atoms with Gasteiger partial charge in [-0.1, -0.05) is 6.07 Å². The minimum absolute atomic E-state index is 0. The average Bonchev–Trinajstić information content (AvgIpc) is 3.12. The second kappa shape index (κ2) is 6.47. The van der Waals surface area contributed by atoms with Crippen LogP contribution in [0.15, 0.2) is 22.9 Å². The van der Waals surface area contributed by atoms with E-state index >= 15 is 0 Å². The Kier molecular flexibility index (Phi) is 4.93. The molecule has 7 heteroatoms. The molecule has 0 bridgehead atoms. The number of carbonyl (C=O) groups excluding carboxylic acids is 1. The van der Waals surface area contributed by atoms with E-state index in [1.807, 2.05) is 22.9 Å². The first-order valence-corrected chi connectivity index (χ1v) is 7.60. The highest BCUT2D eigenvalue weighted by Gasteiger charge is 2.23. The second-order valence-corrected chi connectivity index (χ2v) is 6.00. The van der Waals surface area contributed by atoms with Crippen LogP contribution in [0.25, 0.3) is 10.6 Å². The SMILES string of the molecule is Cl.O=C(Nc1nc(-c2cccs2)cs1)C1CCNC1. The summed E-state index contributed by atoms with van der Waals surface area (Å²) >= 11 is 3.13. The third-order valence-electron chi connectivity index (χ3n) is 2.94. The molecule has 2 aromatic heterocycles. The van der Waals surface area contributed by atoms with Crippen molar-refractivity contribution in [2.75, 3.05) is 18.4 Å². The molecule has 19 heavy (non-hydrogen) atoms. The summed E-state index contributed by atoms with van der Waals surface area (Å²) in [5.41, 5.74) is 0.940. The molecule has 1 aliphatic rings. The van der Waals surface area contributed by atoms with Crippen molar-refractivity contribution in [3.8, 4) is 10.6 Å². The van der Waals surface area contributed by atoms with E-state index in [0.29, 0.717) is 5.13 Å². The number of nitrogens with zero attached hydrogens (tertiary/aromatic N) is 1. The third-order valence-corrected chi connectivity index (χ3v) is 4.59. The number of nitrogens with one attached hydrogen (secondary N) is 2. The van der Waals surface area contributed by atoms with Gasteiger partial charge in [0.15, 0.2) is 5.13 Å². The van der Waals surface area contributed by atoms with Crippen molar-refractivity contribution in [2.45, 2.75) is 6.42 Å². The Morgan fingerprint density at radius 3 is 3.05 bits per heavy atom. The molecule has 1 fully saturated rings. The lowest BCUT2D eigenvalue weighted by Gasteiger charge is -2.06. The summed E-state index contributed by atoms with van der Waals surface area (Å²) < 4.78 is 0. The average molecular weight is 316 g/mol. The Morgan fingerprint density at radius 1 is 1.47 bits per heavy atom. The molecule has 0 radical (unpaired) electrons. The van der Waals surface area contributed by atoms with Crippen LogP contribution in [-0.2, 0) is 4.79 Å². The second-order valence-electron chi connectivity index (χ2n) is 4.19. The van der Waals surface area contributed by atoms with Gasteiger partial charge in [-0.15, -0.1) is 35.1 Å². The Morgan fingerprint density at radius 2 is 2.37 bits per heavy atom. The molecule has 1 atom stereocenters. The first kappa shape index (κ1) is 14.5. The molecule has 0 aliphatic carbocycles. The maximum absolute atomic E-state index is 11.9. The Hall–Kier alpha value is -0.950. The molecule has 1 aliphatic heterocycles. The zero-order chi connectivity index (χ0) is 12.4. The van der Waals surface area contributed by atoms with Crippen molar-refractivity contribution >= 4 is 46.1 Å². The first-order chi connectivity index (χ1) is 8.83. The van der Waals surface area contributed by atoms with Gasteiger partial charge in [0, 0.05) is 11.9 Å². The number of hydrogen-bond donors (Lipinski definition) is 2. The predicted molar refractivity (Wildman–Crippen MR) is 82.3 cm³/mol. The molecule has 2 aromatic rings. The van der Waals surface area contributed by atoms with Crippen LogP contribution in [0.1, 0.15) is 6.42 Å². The number of thiophene rings is 1. The fourth-order valence-corrected chi connectivity index (χ4v) is 3.43. The third kappa shape index (κ3) is 3.33. The van der Waals surface area contributed by atoms with Gasteiger partial charge in [0.25, 0.3) is 0 Å². The van der Waals surface area contributed by atoms with E-state index in [0.717, 1.165) is 30.1 Å². The number of aromatic nitrogens is 1. The molecule has 0 saturated carbocycles. The lowest BCUT2D eigenvalue weighted by Crippen LogP contribution is -2.24. The van der Waals surface area contributed by atoms with E-state index in [9.17, 15) is 4.79 Å². The van der Waals surface area contributed by atoms with Crippen molar-refractivity contribution in [1.82, 2.24) is 10.3 Å². The van der Waals surface area contributed by atoms with Gasteiger partial charge in [0.1, 0.15) is 0 Å². The summed E-state index contributed by atoms with van der Waals surface area (Å²) in [5.74, 6) is 0.158. The highest BCUT2D eigenvalue weighted by molar-refractivity contribution is 7.16. The zero-order valence-corrected chi connectivity index (χ0v) is 12.5. The summed E-state index contributed by atoms with van der Waals surface area (Å²) in [4.78, 5) is 17.5. The molecule has 3 rings (SSSR count). The quantitative estimate of drug-likeness (QED) is 0.915. The minimum atomic E-state index is 0. The number of rotatable bonds is 3. The number of anilines is 1. The topological polar surface area (TPSA) is 54.0 Å². The van der Waals surface area contributed by atoms with E-state index < -0.39 is 0 Å². The smallest absolute Gasteiger partial charge is 0.230 e. The van der Waals surface area contributed by atoms with Crippen molar-refractivity contribution in [2.24, 2.45) is 5.92 Å². The van der Waals surface area contributed by atoms with Gasteiger partial charge in [-0.2, -0.15) is 0 Å². The largest absolute Gasteiger partial charge is 0.316 e. The Balaban J connectivity index is 0.00000133. The van der Waals surface area contributed by atoms with Crippen LogP contribution in [0, 0.1) is 5.92 Å². The Bertz CT molecular complexity index is 535. The number of hydrogen-bond acceptors (Lipinski definition) is 5.